The Morgan fingerprint density at radius 1 is 1.62 bits per heavy atom. The molecule has 1 aromatic rings. The van der Waals surface area contributed by atoms with E-state index in [4.69, 9.17) is 5.11 Å². The fraction of sp³-hybridized carbons (Fsp3) is 0. The van der Waals surface area contributed by atoms with E-state index in [9.17, 15) is 9.59 Å². The Morgan fingerprint density at radius 3 is 2.85 bits per heavy atom. The van der Waals surface area contributed by atoms with Crippen molar-refractivity contribution >= 4 is 5.97 Å². The highest BCUT2D eigenvalue weighted by Gasteiger charge is 2.08. The van der Waals surface area contributed by atoms with Crippen LogP contribution < -0.4 is 10.2 Å². The lowest BCUT2D eigenvalue weighted by Crippen LogP contribution is -2.11. The number of carboxylic acids is 1. The molecule has 1 rings (SSSR count). The summed E-state index contributed by atoms with van der Waals surface area (Å²) in [5.74, 6) is -1.88. The Morgan fingerprint density at radius 2 is 2.31 bits per heavy atom. The largest absolute Gasteiger partial charge is 0.475 e. The molecule has 5 heteroatoms. The molecule has 1 aromatic heterocycles. The van der Waals surface area contributed by atoms with Crippen LogP contribution in [0.25, 0.3) is 0 Å². The first-order valence-electron chi connectivity index (χ1n) is 3.38. The molecule has 0 bridgehead atoms. The third-order valence-electron chi connectivity index (χ3n) is 1.26. The summed E-state index contributed by atoms with van der Waals surface area (Å²) in [6, 6.07) is 1.23. The van der Waals surface area contributed by atoms with Gasteiger partial charge in [-0.05, 0) is 6.58 Å². The van der Waals surface area contributed by atoms with Crippen LogP contribution in [0.3, 0.4) is 0 Å². The first-order valence-corrected chi connectivity index (χ1v) is 3.38. The lowest BCUT2D eigenvalue weighted by atomic mass is 10.4. The van der Waals surface area contributed by atoms with E-state index in [0.29, 0.717) is 0 Å². The predicted molar refractivity (Wildman–Crippen MR) is 44.5 cm³/mol. The number of hydrogen-bond acceptors (Lipinski definition) is 3. The van der Waals surface area contributed by atoms with Crippen LogP contribution >= 0.6 is 0 Å². The predicted octanol–water partition coefficient (Wildman–Crippen LogP) is 0.352. The second-order valence-electron chi connectivity index (χ2n) is 2.20. The number of H-pyrrole nitrogens is 1. The molecule has 68 valence electrons. The molecule has 5 nitrogen and oxygen atoms in total. The third kappa shape index (κ3) is 2.19. The lowest BCUT2D eigenvalue weighted by Gasteiger charge is -2.01. The molecule has 2 N–H and O–H groups in total. The topological polar surface area (TPSA) is 79.4 Å². The summed E-state index contributed by atoms with van der Waals surface area (Å²) in [5, 5.41) is 8.40. The number of aromatic amines is 1. The molecule has 0 amide bonds. The molecule has 0 aliphatic rings. The van der Waals surface area contributed by atoms with Crippen LogP contribution in [0.5, 0.6) is 5.75 Å². The smallest absolute Gasteiger partial charge is 0.371 e. The number of pyridine rings is 1. The van der Waals surface area contributed by atoms with Gasteiger partial charge < -0.3 is 14.8 Å². The molecule has 0 atom stereocenters. The number of aliphatic carboxylic acids is 1. The minimum Gasteiger partial charge on any atom is -0.475 e. The summed E-state index contributed by atoms with van der Waals surface area (Å²) < 4.78 is 4.67. The average Bonchev–Trinajstić information content (AvgIpc) is 2.08. The maximum absolute atomic E-state index is 11.0. The van der Waals surface area contributed by atoms with Crippen molar-refractivity contribution in [3.63, 3.8) is 0 Å². The van der Waals surface area contributed by atoms with Gasteiger partial charge in [0, 0.05) is 18.5 Å². The minimum atomic E-state index is -1.30. The first-order chi connectivity index (χ1) is 6.11. The molecule has 0 aromatic carbocycles. The number of aromatic nitrogens is 1. The number of nitrogens with one attached hydrogen (secondary N) is 1. The van der Waals surface area contributed by atoms with Crippen LogP contribution in [-0.2, 0) is 4.79 Å². The Hall–Kier alpha value is -2.04. The second kappa shape index (κ2) is 3.57. The maximum Gasteiger partial charge on any atom is 0.371 e. The quantitative estimate of drug-likeness (QED) is 0.521. The highest BCUT2D eigenvalue weighted by Crippen LogP contribution is 2.03. The molecule has 0 aliphatic heterocycles. The van der Waals surface area contributed by atoms with Gasteiger partial charge in [0.15, 0.2) is 5.75 Å². The van der Waals surface area contributed by atoms with E-state index in [-0.39, 0.29) is 5.75 Å². The zero-order chi connectivity index (χ0) is 9.84. The maximum atomic E-state index is 11.0. The van der Waals surface area contributed by atoms with Crippen LogP contribution in [0.1, 0.15) is 0 Å². The zero-order valence-electron chi connectivity index (χ0n) is 6.61. The Balaban J connectivity index is 2.87. The number of rotatable bonds is 3. The molecule has 0 saturated carbocycles. The highest BCUT2D eigenvalue weighted by atomic mass is 16.5. The van der Waals surface area contributed by atoms with Gasteiger partial charge in [-0.2, -0.15) is 0 Å². The van der Waals surface area contributed by atoms with Gasteiger partial charge in [-0.3, -0.25) is 4.79 Å². The van der Waals surface area contributed by atoms with Gasteiger partial charge in [0.1, 0.15) is 0 Å². The van der Waals surface area contributed by atoms with Gasteiger partial charge in [-0.1, -0.05) is 0 Å². The van der Waals surface area contributed by atoms with Crippen LogP contribution in [0.2, 0.25) is 0 Å². The molecule has 0 spiro atoms. The molecule has 0 radical (unpaired) electrons. The van der Waals surface area contributed by atoms with Gasteiger partial charge in [0.2, 0.25) is 11.2 Å². The van der Waals surface area contributed by atoms with Crippen molar-refractivity contribution < 1.29 is 14.6 Å². The monoisotopic (exact) mass is 181 g/mol. The van der Waals surface area contributed by atoms with Gasteiger partial charge >= 0.3 is 5.97 Å². The van der Waals surface area contributed by atoms with Crippen LogP contribution in [0.4, 0.5) is 0 Å². The summed E-state index contributed by atoms with van der Waals surface area (Å²) >= 11 is 0. The van der Waals surface area contributed by atoms with E-state index in [2.05, 4.69) is 16.3 Å². The normalized spacial score (nSPS) is 9.23. The molecular formula is C8H7NO4. The highest BCUT2D eigenvalue weighted by molar-refractivity contribution is 5.83. The molecule has 13 heavy (non-hydrogen) atoms. The van der Waals surface area contributed by atoms with Crippen LogP contribution in [0.15, 0.2) is 35.6 Å². The van der Waals surface area contributed by atoms with E-state index in [1.54, 1.807) is 0 Å². The summed E-state index contributed by atoms with van der Waals surface area (Å²) in [4.78, 5) is 23.9. The van der Waals surface area contributed by atoms with Gasteiger partial charge in [0.25, 0.3) is 0 Å². The number of hydrogen-bond donors (Lipinski definition) is 2. The number of carboxylic acid groups (broad SMARTS) is 1. The van der Waals surface area contributed by atoms with Crippen molar-refractivity contribution in [3.05, 3.63) is 41.0 Å². The Kier molecular flexibility index (Phi) is 2.49. The van der Waals surface area contributed by atoms with Crippen molar-refractivity contribution in [1.82, 2.24) is 4.98 Å². The lowest BCUT2D eigenvalue weighted by molar-refractivity contribution is -0.135. The summed E-state index contributed by atoms with van der Waals surface area (Å²) in [6.45, 7) is 3.12. The molecule has 0 fully saturated rings. The average molecular weight is 181 g/mol. The van der Waals surface area contributed by atoms with E-state index in [0.717, 1.165) is 0 Å². The summed E-state index contributed by atoms with van der Waals surface area (Å²) in [6.07, 6.45) is 2.68. The first kappa shape index (κ1) is 9.05. The van der Waals surface area contributed by atoms with Crippen molar-refractivity contribution in [2.24, 2.45) is 0 Å². The molecule has 1 heterocycles. The van der Waals surface area contributed by atoms with Gasteiger partial charge in [-0.25, -0.2) is 4.79 Å². The molecule has 0 aliphatic carbocycles. The Labute approximate surface area is 73.3 Å². The fourth-order valence-electron chi connectivity index (χ4n) is 0.657. The van der Waals surface area contributed by atoms with Gasteiger partial charge in [-0.15, -0.1) is 0 Å². The number of carbonyl (C=O) groups is 1. The van der Waals surface area contributed by atoms with Crippen LogP contribution in [0, 0.1) is 0 Å². The number of ether oxygens (including phenoxy) is 1. The Bertz CT molecular complexity index is 393. The summed E-state index contributed by atoms with van der Waals surface area (Å²) in [7, 11) is 0. The van der Waals surface area contributed by atoms with E-state index < -0.39 is 17.2 Å². The standard InChI is InChI=1S/C8H7NO4/c1-5(8(11)12)13-7-4-9-3-2-6(7)10/h2-4H,1H2,(H,9,10)(H,11,12). The molecule has 0 unspecified atom stereocenters. The van der Waals surface area contributed by atoms with Crippen molar-refractivity contribution in [1.29, 1.82) is 0 Å². The zero-order valence-corrected chi connectivity index (χ0v) is 6.61. The van der Waals surface area contributed by atoms with E-state index in [1.165, 1.54) is 18.5 Å². The van der Waals surface area contributed by atoms with Crippen molar-refractivity contribution in [2.45, 2.75) is 0 Å². The van der Waals surface area contributed by atoms with Gasteiger partial charge in [0.05, 0.1) is 0 Å². The molecular weight excluding hydrogens is 174 g/mol. The van der Waals surface area contributed by atoms with Crippen molar-refractivity contribution in [3.8, 4) is 5.75 Å². The van der Waals surface area contributed by atoms with Crippen molar-refractivity contribution in [2.75, 3.05) is 0 Å². The minimum absolute atomic E-state index is 0.0881. The fourth-order valence-corrected chi connectivity index (χ4v) is 0.657. The second-order valence-corrected chi connectivity index (χ2v) is 2.20. The van der Waals surface area contributed by atoms with E-state index in [1.807, 2.05) is 0 Å². The van der Waals surface area contributed by atoms with E-state index >= 15 is 0 Å². The molecule has 0 saturated heterocycles. The summed E-state index contributed by atoms with van der Waals surface area (Å²) in [5.41, 5.74) is -0.402. The third-order valence-corrected chi connectivity index (χ3v) is 1.26. The van der Waals surface area contributed by atoms with Crippen LogP contribution in [-0.4, -0.2) is 16.1 Å². The SMILES string of the molecule is C=C(Oc1c[nH]ccc1=O)C(=O)O.